The lowest BCUT2D eigenvalue weighted by Gasteiger charge is -2.22. The standard InChI is InChI=1S/C19H21ClN2O/c1-13(16-9-5-6-10-17(16)20)21-19(23)22-18(15-11-12-15)14-7-3-2-4-8-14/h2-10,13,15,18H,11-12H2,1H3,(H2,21,22,23). The lowest BCUT2D eigenvalue weighted by molar-refractivity contribution is 0.232. The lowest BCUT2D eigenvalue weighted by atomic mass is 10.0. The molecule has 1 fully saturated rings. The van der Waals surface area contributed by atoms with Crippen LogP contribution in [0, 0.1) is 5.92 Å². The molecule has 0 spiro atoms. The van der Waals surface area contributed by atoms with Gasteiger partial charge in [-0.3, -0.25) is 0 Å². The number of rotatable bonds is 5. The highest BCUT2D eigenvalue weighted by Gasteiger charge is 2.33. The summed E-state index contributed by atoms with van der Waals surface area (Å²) in [6.45, 7) is 1.94. The topological polar surface area (TPSA) is 41.1 Å². The van der Waals surface area contributed by atoms with E-state index >= 15 is 0 Å². The molecule has 23 heavy (non-hydrogen) atoms. The number of benzene rings is 2. The Morgan fingerprint density at radius 3 is 2.35 bits per heavy atom. The van der Waals surface area contributed by atoms with Gasteiger partial charge in [0.15, 0.2) is 0 Å². The zero-order chi connectivity index (χ0) is 16.2. The van der Waals surface area contributed by atoms with Gasteiger partial charge in [-0.15, -0.1) is 0 Å². The van der Waals surface area contributed by atoms with E-state index in [1.165, 1.54) is 12.8 Å². The summed E-state index contributed by atoms with van der Waals surface area (Å²) in [6, 6.07) is 17.5. The maximum Gasteiger partial charge on any atom is 0.315 e. The van der Waals surface area contributed by atoms with Gasteiger partial charge in [0.1, 0.15) is 0 Å². The molecule has 4 heteroatoms. The molecule has 0 saturated heterocycles. The Morgan fingerprint density at radius 2 is 1.70 bits per heavy atom. The fourth-order valence-electron chi connectivity index (χ4n) is 2.85. The fourth-order valence-corrected chi connectivity index (χ4v) is 3.15. The first-order valence-electron chi connectivity index (χ1n) is 8.01. The number of hydrogen-bond acceptors (Lipinski definition) is 1. The second-order valence-electron chi connectivity index (χ2n) is 6.09. The third kappa shape index (κ3) is 4.05. The van der Waals surface area contributed by atoms with E-state index < -0.39 is 0 Å². The monoisotopic (exact) mass is 328 g/mol. The Balaban J connectivity index is 1.65. The number of nitrogens with one attached hydrogen (secondary N) is 2. The van der Waals surface area contributed by atoms with E-state index in [0.717, 1.165) is 11.1 Å². The maximum absolute atomic E-state index is 12.4. The van der Waals surface area contributed by atoms with Crippen molar-refractivity contribution in [2.24, 2.45) is 5.92 Å². The van der Waals surface area contributed by atoms with Crippen molar-refractivity contribution in [1.29, 1.82) is 0 Å². The zero-order valence-corrected chi connectivity index (χ0v) is 13.9. The molecule has 3 rings (SSSR count). The number of halogens is 1. The highest BCUT2D eigenvalue weighted by atomic mass is 35.5. The minimum Gasteiger partial charge on any atom is -0.332 e. The Bertz CT molecular complexity index is 670. The van der Waals surface area contributed by atoms with Crippen LogP contribution in [0.3, 0.4) is 0 Å². The first-order chi connectivity index (χ1) is 11.1. The Labute approximate surface area is 142 Å². The van der Waals surface area contributed by atoms with Crippen LogP contribution >= 0.6 is 11.6 Å². The van der Waals surface area contributed by atoms with Crippen LogP contribution in [0.1, 0.15) is 43.0 Å². The summed E-state index contributed by atoms with van der Waals surface area (Å²) in [5.74, 6) is 0.541. The minimum atomic E-state index is -0.154. The number of carbonyl (C=O) groups is 1. The Hall–Kier alpha value is -2.00. The van der Waals surface area contributed by atoms with Gasteiger partial charge in [0.25, 0.3) is 0 Å². The average molecular weight is 329 g/mol. The van der Waals surface area contributed by atoms with Gasteiger partial charge in [0, 0.05) is 5.02 Å². The molecule has 1 aliphatic carbocycles. The molecule has 2 atom stereocenters. The van der Waals surface area contributed by atoms with Crippen molar-refractivity contribution < 1.29 is 4.79 Å². The smallest absolute Gasteiger partial charge is 0.315 e. The number of hydrogen-bond donors (Lipinski definition) is 2. The van der Waals surface area contributed by atoms with Gasteiger partial charge in [-0.05, 0) is 42.9 Å². The molecule has 2 unspecified atom stereocenters. The van der Waals surface area contributed by atoms with Crippen LogP contribution in [0.5, 0.6) is 0 Å². The van der Waals surface area contributed by atoms with E-state index in [1.807, 2.05) is 49.4 Å². The van der Waals surface area contributed by atoms with E-state index in [1.54, 1.807) is 0 Å². The molecule has 1 aliphatic rings. The zero-order valence-electron chi connectivity index (χ0n) is 13.1. The third-order valence-electron chi connectivity index (χ3n) is 4.26. The Morgan fingerprint density at radius 1 is 1.04 bits per heavy atom. The molecule has 2 aromatic rings. The van der Waals surface area contributed by atoms with Crippen molar-refractivity contribution in [3.63, 3.8) is 0 Å². The first kappa shape index (κ1) is 15.9. The molecule has 120 valence electrons. The SMILES string of the molecule is CC(NC(=O)NC(c1ccccc1)C1CC1)c1ccccc1Cl. The van der Waals surface area contributed by atoms with Crippen LogP contribution in [0.25, 0.3) is 0 Å². The highest BCUT2D eigenvalue weighted by Crippen LogP contribution is 2.40. The van der Waals surface area contributed by atoms with Gasteiger partial charge < -0.3 is 10.6 Å². The van der Waals surface area contributed by atoms with Gasteiger partial charge in [0.2, 0.25) is 0 Å². The van der Waals surface area contributed by atoms with Crippen molar-refractivity contribution >= 4 is 17.6 Å². The first-order valence-corrected chi connectivity index (χ1v) is 8.39. The Kier molecular flexibility index (Phi) is 4.87. The second-order valence-corrected chi connectivity index (χ2v) is 6.49. The van der Waals surface area contributed by atoms with E-state index in [9.17, 15) is 4.79 Å². The molecule has 2 amide bonds. The van der Waals surface area contributed by atoms with E-state index in [2.05, 4.69) is 22.8 Å². The molecule has 0 aromatic heterocycles. The van der Waals surface area contributed by atoms with Gasteiger partial charge in [-0.2, -0.15) is 0 Å². The molecular weight excluding hydrogens is 308 g/mol. The van der Waals surface area contributed by atoms with Crippen molar-refractivity contribution in [2.75, 3.05) is 0 Å². The lowest BCUT2D eigenvalue weighted by Crippen LogP contribution is -2.40. The molecule has 0 bridgehead atoms. The van der Waals surface area contributed by atoms with Gasteiger partial charge in [0.05, 0.1) is 12.1 Å². The van der Waals surface area contributed by atoms with Crippen LogP contribution in [0.15, 0.2) is 54.6 Å². The van der Waals surface area contributed by atoms with Crippen LogP contribution in [-0.4, -0.2) is 6.03 Å². The molecule has 3 nitrogen and oxygen atoms in total. The van der Waals surface area contributed by atoms with E-state index in [-0.39, 0.29) is 18.1 Å². The molecule has 0 radical (unpaired) electrons. The van der Waals surface area contributed by atoms with Crippen LogP contribution in [0.4, 0.5) is 4.79 Å². The molecule has 2 aromatic carbocycles. The third-order valence-corrected chi connectivity index (χ3v) is 4.60. The summed E-state index contributed by atoms with van der Waals surface area (Å²) in [5.41, 5.74) is 2.09. The van der Waals surface area contributed by atoms with Crippen molar-refractivity contribution in [3.05, 3.63) is 70.7 Å². The molecular formula is C19H21ClN2O. The van der Waals surface area contributed by atoms with Crippen LogP contribution in [-0.2, 0) is 0 Å². The molecule has 0 aliphatic heterocycles. The van der Waals surface area contributed by atoms with Crippen LogP contribution in [0.2, 0.25) is 5.02 Å². The number of urea groups is 1. The average Bonchev–Trinajstić information content (AvgIpc) is 3.38. The maximum atomic E-state index is 12.4. The minimum absolute atomic E-state index is 0.0784. The fraction of sp³-hybridized carbons (Fsp3) is 0.316. The van der Waals surface area contributed by atoms with Crippen molar-refractivity contribution in [1.82, 2.24) is 10.6 Å². The second kappa shape index (κ2) is 7.05. The summed E-state index contributed by atoms with van der Waals surface area (Å²) in [5, 5.41) is 6.78. The number of carbonyl (C=O) groups excluding carboxylic acids is 1. The number of amides is 2. The summed E-state index contributed by atoms with van der Waals surface area (Å²) >= 11 is 6.19. The summed E-state index contributed by atoms with van der Waals surface area (Å²) in [6.07, 6.45) is 2.33. The quantitative estimate of drug-likeness (QED) is 0.809. The summed E-state index contributed by atoms with van der Waals surface area (Å²) in [4.78, 5) is 12.4. The predicted molar refractivity (Wildman–Crippen MR) is 93.4 cm³/mol. The molecule has 0 heterocycles. The predicted octanol–water partition coefficient (Wildman–Crippen LogP) is 4.85. The van der Waals surface area contributed by atoms with E-state index in [0.29, 0.717) is 10.9 Å². The summed E-state index contributed by atoms with van der Waals surface area (Å²) < 4.78 is 0. The normalized spacial score (nSPS) is 16.4. The molecule has 1 saturated carbocycles. The van der Waals surface area contributed by atoms with Gasteiger partial charge in [-0.25, -0.2) is 4.79 Å². The van der Waals surface area contributed by atoms with Crippen LogP contribution < -0.4 is 10.6 Å². The van der Waals surface area contributed by atoms with E-state index in [4.69, 9.17) is 11.6 Å². The van der Waals surface area contributed by atoms with Gasteiger partial charge in [-0.1, -0.05) is 60.1 Å². The van der Waals surface area contributed by atoms with Gasteiger partial charge >= 0.3 is 6.03 Å². The largest absolute Gasteiger partial charge is 0.332 e. The highest BCUT2D eigenvalue weighted by molar-refractivity contribution is 6.31. The molecule has 2 N–H and O–H groups in total. The van der Waals surface area contributed by atoms with Crippen molar-refractivity contribution in [2.45, 2.75) is 31.8 Å². The van der Waals surface area contributed by atoms with Crippen molar-refractivity contribution in [3.8, 4) is 0 Å². The summed E-state index contributed by atoms with van der Waals surface area (Å²) in [7, 11) is 0.